The molecule has 0 aromatic heterocycles. The summed E-state index contributed by atoms with van der Waals surface area (Å²) in [6.07, 6.45) is 4.47. The molecule has 1 rings (SSSR count). The minimum absolute atomic E-state index is 0.123. The first-order valence-corrected chi connectivity index (χ1v) is 5.80. The van der Waals surface area contributed by atoms with Crippen molar-refractivity contribution < 1.29 is 9.59 Å². The summed E-state index contributed by atoms with van der Waals surface area (Å²) in [6.45, 7) is 3.54. The number of carbonyl (C=O) groups excluding carboxylic acids is 2. The summed E-state index contributed by atoms with van der Waals surface area (Å²) in [5.74, 6) is -0.123. The SMILES string of the molecule is C/C=C\C(C=O)=C(/C)NC(=O)Cc1ccccc1. The van der Waals surface area contributed by atoms with E-state index in [4.69, 9.17) is 0 Å². The van der Waals surface area contributed by atoms with Gasteiger partial charge in [-0.25, -0.2) is 0 Å². The van der Waals surface area contributed by atoms with Gasteiger partial charge in [-0.2, -0.15) is 0 Å². The van der Waals surface area contributed by atoms with Gasteiger partial charge in [-0.1, -0.05) is 42.5 Å². The molecule has 0 bridgehead atoms. The molecule has 0 fully saturated rings. The molecule has 0 aliphatic rings. The van der Waals surface area contributed by atoms with Gasteiger partial charge in [0.2, 0.25) is 5.91 Å². The minimum atomic E-state index is -0.123. The number of carbonyl (C=O) groups is 2. The zero-order valence-corrected chi connectivity index (χ0v) is 10.6. The van der Waals surface area contributed by atoms with Gasteiger partial charge in [0.1, 0.15) is 0 Å². The van der Waals surface area contributed by atoms with Crippen molar-refractivity contribution in [3.8, 4) is 0 Å². The van der Waals surface area contributed by atoms with Gasteiger partial charge in [0.15, 0.2) is 6.29 Å². The number of aldehydes is 1. The van der Waals surface area contributed by atoms with Crippen LogP contribution in [-0.2, 0) is 16.0 Å². The van der Waals surface area contributed by atoms with E-state index in [1.807, 2.05) is 37.3 Å². The van der Waals surface area contributed by atoms with Gasteiger partial charge >= 0.3 is 0 Å². The molecule has 3 heteroatoms. The van der Waals surface area contributed by atoms with E-state index in [0.29, 0.717) is 17.7 Å². The van der Waals surface area contributed by atoms with E-state index < -0.39 is 0 Å². The standard InChI is InChI=1S/C15H17NO2/c1-3-7-14(11-17)12(2)16-15(18)10-13-8-5-4-6-9-13/h3-9,11H,10H2,1-2H3,(H,16,18)/b7-3-,14-12-. The Morgan fingerprint density at radius 2 is 1.94 bits per heavy atom. The average Bonchev–Trinajstić information content (AvgIpc) is 2.36. The number of allylic oxidation sites excluding steroid dienone is 4. The van der Waals surface area contributed by atoms with Crippen LogP contribution >= 0.6 is 0 Å². The quantitative estimate of drug-likeness (QED) is 0.490. The van der Waals surface area contributed by atoms with Crippen LogP contribution in [0.3, 0.4) is 0 Å². The summed E-state index contributed by atoms with van der Waals surface area (Å²) in [7, 11) is 0. The molecule has 0 atom stereocenters. The lowest BCUT2D eigenvalue weighted by atomic mass is 10.1. The summed E-state index contributed by atoms with van der Waals surface area (Å²) in [5.41, 5.74) is 2.00. The summed E-state index contributed by atoms with van der Waals surface area (Å²) < 4.78 is 0. The second-order valence-electron chi connectivity index (χ2n) is 3.91. The summed E-state index contributed by atoms with van der Waals surface area (Å²) >= 11 is 0. The van der Waals surface area contributed by atoms with Crippen LogP contribution in [0.1, 0.15) is 19.4 Å². The van der Waals surface area contributed by atoms with Gasteiger partial charge in [-0.05, 0) is 19.4 Å². The molecule has 1 aromatic carbocycles. The average molecular weight is 243 g/mol. The summed E-state index contributed by atoms with van der Waals surface area (Å²) in [4.78, 5) is 22.6. The van der Waals surface area contributed by atoms with E-state index in [-0.39, 0.29) is 5.91 Å². The third kappa shape index (κ3) is 4.37. The molecule has 1 aromatic rings. The number of hydrogen-bond acceptors (Lipinski definition) is 2. The second kappa shape index (κ2) is 7.22. The van der Waals surface area contributed by atoms with E-state index in [1.165, 1.54) is 0 Å². The molecule has 1 N–H and O–H groups in total. The van der Waals surface area contributed by atoms with E-state index in [9.17, 15) is 9.59 Å². The first kappa shape index (κ1) is 13.9. The molecule has 0 spiro atoms. The highest BCUT2D eigenvalue weighted by atomic mass is 16.1. The van der Waals surface area contributed by atoms with E-state index in [1.54, 1.807) is 19.1 Å². The molecular formula is C15H17NO2. The van der Waals surface area contributed by atoms with Crippen molar-refractivity contribution in [1.82, 2.24) is 5.32 Å². The van der Waals surface area contributed by atoms with Gasteiger partial charge in [0, 0.05) is 11.3 Å². The van der Waals surface area contributed by atoms with Crippen molar-refractivity contribution in [1.29, 1.82) is 0 Å². The lowest BCUT2D eigenvalue weighted by molar-refractivity contribution is -0.119. The molecule has 3 nitrogen and oxygen atoms in total. The zero-order chi connectivity index (χ0) is 13.4. The highest BCUT2D eigenvalue weighted by molar-refractivity contribution is 5.84. The fourth-order valence-corrected chi connectivity index (χ4v) is 1.54. The third-order valence-corrected chi connectivity index (χ3v) is 2.44. The van der Waals surface area contributed by atoms with Gasteiger partial charge in [-0.15, -0.1) is 0 Å². The van der Waals surface area contributed by atoms with Crippen LogP contribution < -0.4 is 5.32 Å². The lowest BCUT2D eigenvalue weighted by Crippen LogP contribution is -2.24. The Kier molecular flexibility index (Phi) is 5.58. The molecule has 0 aliphatic carbocycles. The predicted molar refractivity (Wildman–Crippen MR) is 71.9 cm³/mol. The van der Waals surface area contributed by atoms with Gasteiger partial charge in [0.25, 0.3) is 0 Å². The fraction of sp³-hybridized carbons (Fsp3) is 0.200. The zero-order valence-electron chi connectivity index (χ0n) is 10.6. The summed E-state index contributed by atoms with van der Waals surface area (Å²) in [5, 5.41) is 2.72. The number of nitrogens with one attached hydrogen (secondary N) is 1. The maximum Gasteiger partial charge on any atom is 0.228 e. The highest BCUT2D eigenvalue weighted by Crippen LogP contribution is 2.03. The Hall–Kier alpha value is -2.16. The number of hydrogen-bond donors (Lipinski definition) is 1. The largest absolute Gasteiger partial charge is 0.329 e. The Balaban J connectivity index is 2.68. The molecule has 0 saturated heterocycles. The topological polar surface area (TPSA) is 46.2 Å². The number of amides is 1. The lowest BCUT2D eigenvalue weighted by Gasteiger charge is -2.07. The van der Waals surface area contributed by atoms with Crippen LogP contribution in [0.5, 0.6) is 0 Å². The van der Waals surface area contributed by atoms with E-state index >= 15 is 0 Å². The van der Waals surface area contributed by atoms with Crippen LogP contribution in [0.25, 0.3) is 0 Å². The molecule has 0 unspecified atom stereocenters. The van der Waals surface area contributed by atoms with Crippen molar-refractivity contribution in [2.75, 3.05) is 0 Å². The van der Waals surface area contributed by atoms with Gasteiger partial charge < -0.3 is 5.32 Å². The molecule has 0 radical (unpaired) electrons. The monoisotopic (exact) mass is 243 g/mol. The number of rotatable bonds is 5. The van der Waals surface area contributed by atoms with Crippen LogP contribution in [0, 0.1) is 0 Å². The minimum Gasteiger partial charge on any atom is -0.329 e. The molecule has 1 amide bonds. The molecular weight excluding hydrogens is 226 g/mol. The maximum absolute atomic E-state index is 11.8. The maximum atomic E-state index is 11.8. The molecule has 0 aliphatic heterocycles. The van der Waals surface area contributed by atoms with Gasteiger partial charge in [-0.3, -0.25) is 9.59 Å². The summed E-state index contributed by atoms with van der Waals surface area (Å²) in [6, 6.07) is 9.48. The van der Waals surface area contributed by atoms with Crippen LogP contribution in [0.15, 0.2) is 53.8 Å². The van der Waals surface area contributed by atoms with E-state index in [0.717, 1.165) is 11.8 Å². The Morgan fingerprint density at radius 1 is 1.28 bits per heavy atom. The molecule has 18 heavy (non-hydrogen) atoms. The first-order chi connectivity index (χ1) is 8.67. The highest BCUT2D eigenvalue weighted by Gasteiger charge is 2.05. The fourth-order valence-electron chi connectivity index (χ4n) is 1.54. The third-order valence-electron chi connectivity index (χ3n) is 2.44. The van der Waals surface area contributed by atoms with Crippen molar-refractivity contribution in [3.05, 3.63) is 59.3 Å². The first-order valence-electron chi connectivity index (χ1n) is 5.80. The van der Waals surface area contributed by atoms with Crippen LogP contribution in [-0.4, -0.2) is 12.2 Å². The van der Waals surface area contributed by atoms with Crippen molar-refractivity contribution in [3.63, 3.8) is 0 Å². The van der Waals surface area contributed by atoms with Crippen molar-refractivity contribution in [2.24, 2.45) is 0 Å². The Labute approximate surface area is 107 Å². The van der Waals surface area contributed by atoms with Gasteiger partial charge in [0.05, 0.1) is 6.42 Å². The van der Waals surface area contributed by atoms with Crippen LogP contribution in [0.2, 0.25) is 0 Å². The van der Waals surface area contributed by atoms with Crippen molar-refractivity contribution in [2.45, 2.75) is 20.3 Å². The Morgan fingerprint density at radius 3 is 2.50 bits per heavy atom. The normalized spacial score (nSPS) is 12.1. The van der Waals surface area contributed by atoms with E-state index in [2.05, 4.69) is 5.32 Å². The molecule has 0 heterocycles. The molecule has 94 valence electrons. The number of benzene rings is 1. The van der Waals surface area contributed by atoms with Crippen LogP contribution in [0.4, 0.5) is 0 Å². The second-order valence-corrected chi connectivity index (χ2v) is 3.91. The predicted octanol–water partition coefficient (Wildman–Crippen LogP) is 2.39. The van der Waals surface area contributed by atoms with Crippen molar-refractivity contribution >= 4 is 12.2 Å². The molecule has 0 saturated carbocycles. The Bertz CT molecular complexity index is 473. The smallest absolute Gasteiger partial charge is 0.228 e.